The van der Waals surface area contributed by atoms with Gasteiger partial charge in [-0.15, -0.1) is 0 Å². The Bertz CT molecular complexity index is 349. The second-order valence-electron chi connectivity index (χ2n) is 2.96. The van der Waals surface area contributed by atoms with Crippen molar-refractivity contribution in [3.05, 3.63) is 28.2 Å². The van der Waals surface area contributed by atoms with Gasteiger partial charge in [0.25, 0.3) is 0 Å². The molecule has 3 N–H and O–H groups in total. The number of rotatable bonds is 4. The summed E-state index contributed by atoms with van der Waals surface area (Å²) in [7, 11) is 0. The number of aliphatic hydroxyl groups is 2. The van der Waals surface area contributed by atoms with Gasteiger partial charge in [0.1, 0.15) is 11.6 Å². The first kappa shape index (κ1) is 12.4. The van der Waals surface area contributed by atoms with Crippen molar-refractivity contribution in [1.82, 2.24) is 0 Å². The Kier molecular flexibility index (Phi) is 4.44. The van der Waals surface area contributed by atoms with Crippen LogP contribution in [0.2, 0.25) is 0 Å². The van der Waals surface area contributed by atoms with E-state index in [1.807, 2.05) is 0 Å². The van der Waals surface area contributed by atoms with Crippen molar-refractivity contribution in [2.75, 3.05) is 18.5 Å². The summed E-state index contributed by atoms with van der Waals surface area (Å²) in [5.41, 5.74) is -0.0526. The minimum absolute atomic E-state index is 0.0354. The molecule has 0 heterocycles. The lowest BCUT2D eigenvalue weighted by Gasteiger charge is -2.11. The molecule has 1 aromatic rings. The number of halogens is 3. The van der Waals surface area contributed by atoms with Gasteiger partial charge in [-0.3, -0.25) is 0 Å². The van der Waals surface area contributed by atoms with Gasteiger partial charge in [0.05, 0.1) is 22.9 Å². The average molecular weight is 282 g/mol. The van der Waals surface area contributed by atoms with Crippen molar-refractivity contribution >= 4 is 21.6 Å². The van der Waals surface area contributed by atoms with E-state index in [0.29, 0.717) is 0 Å². The number of hydrogen-bond donors (Lipinski definition) is 3. The van der Waals surface area contributed by atoms with Gasteiger partial charge in [0.2, 0.25) is 0 Å². The Morgan fingerprint density at radius 2 is 2.00 bits per heavy atom. The highest BCUT2D eigenvalue weighted by Gasteiger charge is 2.09. The van der Waals surface area contributed by atoms with E-state index in [4.69, 9.17) is 10.2 Å². The normalized spacial score (nSPS) is 12.6. The van der Waals surface area contributed by atoms with Gasteiger partial charge in [0.15, 0.2) is 0 Å². The van der Waals surface area contributed by atoms with Gasteiger partial charge in [-0.05, 0) is 22.0 Å². The third-order valence-corrected chi connectivity index (χ3v) is 2.36. The second-order valence-corrected chi connectivity index (χ2v) is 3.82. The molecule has 0 unspecified atom stereocenters. The van der Waals surface area contributed by atoms with Crippen molar-refractivity contribution in [2.24, 2.45) is 0 Å². The average Bonchev–Trinajstić information content (AvgIpc) is 2.21. The van der Waals surface area contributed by atoms with Crippen LogP contribution in [-0.4, -0.2) is 29.5 Å². The standard InChI is InChI=1S/C9H10BrF2NO2/c10-6-1-8(12)9(2-7(6)11)13-3-5(15)4-14/h1-2,5,13-15H,3-4H2/t5-/m0/s1. The Balaban J connectivity index is 2.73. The van der Waals surface area contributed by atoms with E-state index < -0.39 is 24.3 Å². The summed E-state index contributed by atoms with van der Waals surface area (Å²) in [6.45, 7) is -0.484. The maximum atomic E-state index is 13.2. The summed E-state index contributed by atoms with van der Waals surface area (Å²) in [5.74, 6) is -1.23. The smallest absolute Gasteiger partial charge is 0.147 e. The van der Waals surface area contributed by atoms with Crippen LogP contribution in [0.25, 0.3) is 0 Å². The molecule has 0 aliphatic carbocycles. The molecule has 84 valence electrons. The number of anilines is 1. The van der Waals surface area contributed by atoms with E-state index >= 15 is 0 Å². The molecule has 0 aliphatic rings. The maximum absolute atomic E-state index is 13.2. The predicted molar refractivity (Wildman–Crippen MR) is 55.6 cm³/mol. The van der Waals surface area contributed by atoms with Crippen LogP contribution in [0, 0.1) is 11.6 Å². The van der Waals surface area contributed by atoms with Crippen LogP contribution in [-0.2, 0) is 0 Å². The second kappa shape index (κ2) is 5.39. The van der Waals surface area contributed by atoms with Gasteiger partial charge < -0.3 is 15.5 Å². The van der Waals surface area contributed by atoms with E-state index in [2.05, 4.69) is 21.2 Å². The molecule has 0 saturated heterocycles. The van der Waals surface area contributed by atoms with Crippen LogP contribution in [0.4, 0.5) is 14.5 Å². The molecule has 0 amide bonds. The summed E-state index contributed by atoms with van der Waals surface area (Å²) in [4.78, 5) is 0. The van der Waals surface area contributed by atoms with Crippen LogP contribution >= 0.6 is 15.9 Å². The predicted octanol–water partition coefficient (Wildman–Crippen LogP) is 1.49. The molecule has 1 rings (SSSR count). The van der Waals surface area contributed by atoms with Crippen molar-refractivity contribution in [1.29, 1.82) is 0 Å². The highest BCUT2D eigenvalue weighted by atomic mass is 79.9. The van der Waals surface area contributed by atoms with Gasteiger partial charge in [-0.25, -0.2) is 8.78 Å². The molecular formula is C9H10BrF2NO2. The highest BCUT2D eigenvalue weighted by Crippen LogP contribution is 2.23. The largest absolute Gasteiger partial charge is 0.394 e. The van der Waals surface area contributed by atoms with E-state index in [0.717, 1.165) is 12.1 Å². The minimum atomic E-state index is -1.00. The molecule has 1 aromatic carbocycles. The summed E-state index contributed by atoms with van der Waals surface area (Å²) >= 11 is 2.84. The molecule has 6 heteroatoms. The van der Waals surface area contributed by atoms with Crippen LogP contribution in [0.1, 0.15) is 0 Å². The highest BCUT2D eigenvalue weighted by molar-refractivity contribution is 9.10. The molecule has 15 heavy (non-hydrogen) atoms. The third-order valence-electron chi connectivity index (χ3n) is 1.75. The molecule has 0 bridgehead atoms. The Morgan fingerprint density at radius 1 is 1.33 bits per heavy atom. The Labute approximate surface area is 93.9 Å². The topological polar surface area (TPSA) is 52.5 Å². The zero-order valence-electron chi connectivity index (χ0n) is 7.67. The number of hydrogen-bond acceptors (Lipinski definition) is 3. The molecule has 3 nitrogen and oxygen atoms in total. The first-order chi connectivity index (χ1) is 7.04. The fraction of sp³-hybridized carbons (Fsp3) is 0.333. The fourth-order valence-corrected chi connectivity index (χ4v) is 1.27. The summed E-state index contributed by atoms with van der Waals surface area (Å²) in [6, 6.07) is 1.96. The van der Waals surface area contributed by atoms with E-state index in [1.165, 1.54) is 0 Å². The van der Waals surface area contributed by atoms with Crippen LogP contribution in [0.5, 0.6) is 0 Å². The molecule has 0 aromatic heterocycles. The number of benzene rings is 1. The van der Waals surface area contributed by atoms with Crippen LogP contribution < -0.4 is 5.32 Å². The Hall–Kier alpha value is -0.720. The van der Waals surface area contributed by atoms with Gasteiger partial charge >= 0.3 is 0 Å². The quantitative estimate of drug-likeness (QED) is 0.733. The minimum Gasteiger partial charge on any atom is -0.394 e. The molecule has 0 saturated carbocycles. The van der Waals surface area contributed by atoms with E-state index in [-0.39, 0.29) is 16.7 Å². The lowest BCUT2D eigenvalue weighted by atomic mass is 10.2. The zero-order chi connectivity index (χ0) is 11.4. The molecular weight excluding hydrogens is 272 g/mol. The Morgan fingerprint density at radius 3 is 2.60 bits per heavy atom. The van der Waals surface area contributed by atoms with Crippen molar-refractivity contribution in [3.8, 4) is 0 Å². The lowest BCUT2D eigenvalue weighted by Crippen LogP contribution is -2.23. The summed E-state index contributed by atoms with van der Waals surface area (Å²) in [6.07, 6.45) is -1.00. The first-order valence-corrected chi connectivity index (χ1v) is 5.01. The van der Waals surface area contributed by atoms with Gasteiger partial charge in [-0.2, -0.15) is 0 Å². The number of nitrogens with one attached hydrogen (secondary N) is 1. The number of aliphatic hydroxyl groups excluding tert-OH is 2. The maximum Gasteiger partial charge on any atom is 0.147 e. The molecule has 0 spiro atoms. The van der Waals surface area contributed by atoms with Gasteiger partial charge in [0, 0.05) is 12.6 Å². The lowest BCUT2D eigenvalue weighted by molar-refractivity contribution is 0.105. The first-order valence-electron chi connectivity index (χ1n) is 4.22. The molecule has 0 aliphatic heterocycles. The molecule has 0 radical (unpaired) electrons. The monoisotopic (exact) mass is 281 g/mol. The molecule has 0 fully saturated rings. The van der Waals surface area contributed by atoms with Crippen molar-refractivity contribution in [3.63, 3.8) is 0 Å². The summed E-state index contributed by atoms with van der Waals surface area (Å²) < 4.78 is 26.2. The van der Waals surface area contributed by atoms with Gasteiger partial charge in [-0.1, -0.05) is 0 Å². The van der Waals surface area contributed by atoms with Crippen molar-refractivity contribution < 1.29 is 19.0 Å². The third kappa shape index (κ3) is 3.40. The zero-order valence-corrected chi connectivity index (χ0v) is 9.26. The van der Waals surface area contributed by atoms with E-state index in [1.54, 1.807) is 0 Å². The van der Waals surface area contributed by atoms with Crippen LogP contribution in [0.15, 0.2) is 16.6 Å². The fourth-order valence-electron chi connectivity index (χ4n) is 0.950. The van der Waals surface area contributed by atoms with E-state index in [9.17, 15) is 8.78 Å². The SMILES string of the molecule is OC[C@@H](O)CNc1cc(F)c(Br)cc1F. The molecule has 1 atom stereocenters. The van der Waals surface area contributed by atoms with Crippen LogP contribution in [0.3, 0.4) is 0 Å². The van der Waals surface area contributed by atoms with Crippen molar-refractivity contribution in [2.45, 2.75) is 6.10 Å². The summed E-state index contributed by atoms with van der Waals surface area (Å²) in [5, 5.41) is 20.0.